The minimum atomic E-state index is -4.67. The average Bonchev–Trinajstić information content (AvgIpc) is 2.73. The van der Waals surface area contributed by atoms with Crippen molar-refractivity contribution in [2.45, 2.75) is 42.4 Å². The summed E-state index contributed by atoms with van der Waals surface area (Å²) >= 11 is 0. The number of amides is 1. The highest BCUT2D eigenvalue weighted by Crippen LogP contribution is 2.30. The van der Waals surface area contributed by atoms with Crippen LogP contribution in [-0.2, 0) is 21.1 Å². The zero-order valence-electron chi connectivity index (χ0n) is 15.9. The van der Waals surface area contributed by atoms with Crippen LogP contribution < -0.4 is 10.2 Å². The number of anilines is 1. The molecular weight excluding hydrogens is 398 g/mol. The number of carbonyl (C=O) groups is 1. The Bertz CT molecular complexity index is 928. The molecule has 0 spiro atoms. The molecule has 1 saturated heterocycles. The fourth-order valence-corrected chi connectivity index (χ4v) is 4.47. The van der Waals surface area contributed by atoms with Gasteiger partial charge in [0.2, 0.25) is 15.7 Å². The Morgan fingerprint density at radius 3 is 2.31 bits per heavy atom. The Morgan fingerprint density at radius 2 is 1.66 bits per heavy atom. The van der Waals surface area contributed by atoms with Gasteiger partial charge < -0.3 is 10.2 Å². The van der Waals surface area contributed by atoms with Crippen LogP contribution >= 0.6 is 0 Å². The third-order valence-electron chi connectivity index (χ3n) is 5.09. The fraction of sp³-hybridized carbons (Fsp3) is 0.381. The molecule has 156 valence electrons. The van der Waals surface area contributed by atoms with Gasteiger partial charge in [-0.2, -0.15) is 8.78 Å². The first kappa shape index (κ1) is 21.2. The molecule has 2 aromatic rings. The lowest BCUT2D eigenvalue weighted by atomic mass is 10.0. The molecule has 29 heavy (non-hydrogen) atoms. The maximum atomic E-state index is 13.0. The Balaban J connectivity index is 1.55. The third kappa shape index (κ3) is 5.32. The quantitative estimate of drug-likeness (QED) is 0.743. The van der Waals surface area contributed by atoms with Crippen molar-refractivity contribution in [1.29, 1.82) is 0 Å². The highest BCUT2D eigenvalue weighted by molar-refractivity contribution is 7.91. The SMILES string of the molecule is O=C(CCc1ccccc1)NC1CCN(c2ccccc2S(=O)(=O)C(F)F)CC1. The van der Waals surface area contributed by atoms with E-state index >= 15 is 0 Å². The molecule has 0 aliphatic carbocycles. The van der Waals surface area contributed by atoms with Gasteiger partial charge in [0.05, 0.1) is 10.6 Å². The minimum Gasteiger partial charge on any atom is -0.370 e. The number of piperidine rings is 1. The van der Waals surface area contributed by atoms with Gasteiger partial charge in [0.25, 0.3) is 0 Å². The van der Waals surface area contributed by atoms with Crippen molar-refractivity contribution in [2.24, 2.45) is 0 Å². The van der Waals surface area contributed by atoms with Gasteiger partial charge in [-0.05, 0) is 37.0 Å². The molecule has 1 aliphatic rings. The van der Waals surface area contributed by atoms with E-state index in [0.29, 0.717) is 44.5 Å². The number of para-hydroxylation sites is 1. The molecule has 0 aromatic heterocycles. The summed E-state index contributed by atoms with van der Waals surface area (Å²) in [7, 11) is -4.67. The van der Waals surface area contributed by atoms with Crippen LogP contribution in [0.1, 0.15) is 24.8 Å². The molecule has 1 heterocycles. The van der Waals surface area contributed by atoms with Crippen LogP contribution in [0.4, 0.5) is 14.5 Å². The highest BCUT2D eigenvalue weighted by atomic mass is 32.2. The summed E-state index contributed by atoms with van der Waals surface area (Å²) in [5.41, 5.74) is 1.40. The summed E-state index contributed by atoms with van der Waals surface area (Å²) < 4.78 is 49.9. The van der Waals surface area contributed by atoms with Gasteiger partial charge in [-0.3, -0.25) is 4.79 Å². The van der Waals surface area contributed by atoms with E-state index < -0.39 is 15.6 Å². The van der Waals surface area contributed by atoms with Gasteiger partial charge in [0.1, 0.15) is 0 Å². The number of carbonyl (C=O) groups excluding carboxylic acids is 1. The van der Waals surface area contributed by atoms with Crippen molar-refractivity contribution in [1.82, 2.24) is 5.32 Å². The van der Waals surface area contributed by atoms with Crippen LogP contribution in [0, 0.1) is 0 Å². The van der Waals surface area contributed by atoms with E-state index in [1.54, 1.807) is 17.0 Å². The number of halogens is 2. The predicted molar refractivity (Wildman–Crippen MR) is 108 cm³/mol. The topological polar surface area (TPSA) is 66.5 Å². The summed E-state index contributed by atoms with van der Waals surface area (Å²) in [6, 6.07) is 15.6. The molecule has 1 amide bonds. The van der Waals surface area contributed by atoms with Crippen LogP contribution in [0.3, 0.4) is 0 Å². The van der Waals surface area contributed by atoms with Crippen molar-refractivity contribution in [3.8, 4) is 0 Å². The number of alkyl halides is 2. The summed E-state index contributed by atoms with van der Waals surface area (Å²) in [4.78, 5) is 13.7. The monoisotopic (exact) mass is 422 g/mol. The van der Waals surface area contributed by atoms with Crippen LogP contribution in [0.15, 0.2) is 59.5 Å². The molecule has 0 atom stereocenters. The van der Waals surface area contributed by atoms with Crippen molar-refractivity contribution in [2.75, 3.05) is 18.0 Å². The number of hydrogen-bond donors (Lipinski definition) is 1. The minimum absolute atomic E-state index is 0.00612. The maximum Gasteiger partial charge on any atom is 0.341 e. The average molecular weight is 422 g/mol. The molecule has 1 N–H and O–H groups in total. The molecule has 8 heteroatoms. The van der Waals surface area contributed by atoms with E-state index in [2.05, 4.69) is 5.32 Å². The number of nitrogens with one attached hydrogen (secondary N) is 1. The van der Waals surface area contributed by atoms with Crippen LogP contribution in [0.25, 0.3) is 0 Å². The number of rotatable bonds is 7. The third-order valence-corrected chi connectivity index (χ3v) is 6.52. The number of hydrogen-bond acceptors (Lipinski definition) is 4. The second-order valence-electron chi connectivity index (χ2n) is 7.09. The van der Waals surface area contributed by atoms with Gasteiger partial charge in [0, 0.05) is 25.6 Å². The van der Waals surface area contributed by atoms with Gasteiger partial charge >= 0.3 is 5.76 Å². The lowest BCUT2D eigenvalue weighted by Crippen LogP contribution is -2.45. The second-order valence-corrected chi connectivity index (χ2v) is 8.97. The number of nitrogens with zero attached hydrogens (tertiary/aromatic N) is 1. The zero-order chi connectivity index (χ0) is 20.9. The lowest BCUT2D eigenvalue weighted by molar-refractivity contribution is -0.121. The molecule has 0 unspecified atom stereocenters. The molecular formula is C21H24F2N2O3S. The van der Waals surface area contributed by atoms with E-state index in [0.717, 1.165) is 5.56 Å². The first-order valence-electron chi connectivity index (χ1n) is 9.57. The van der Waals surface area contributed by atoms with E-state index in [1.807, 2.05) is 30.3 Å². The molecule has 1 aliphatic heterocycles. The Hall–Kier alpha value is -2.48. The van der Waals surface area contributed by atoms with Crippen molar-refractivity contribution in [3.05, 3.63) is 60.2 Å². The molecule has 0 saturated carbocycles. The van der Waals surface area contributed by atoms with Crippen molar-refractivity contribution in [3.63, 3.8) is 0 Å². The molecule has 5 nitrogen and oxygen atoms in total. The fourth-order valence-electron chi connectivity index (χ4n) is 3.52. The van der Waals surface area contributed by atoms with E-state index in [1.165, 1.54) is 12.1 Å². The van der Waals surface area contributed by atoms with Gasteiger partial charge in [0.15, 0.2) is 0 Å². The summed E-state index contributed by atoms with van der Waals surface area (Å²) in [6.07, 6.45) is 2.32. The van der Waals surface area contributed by atoms with Gasteiger partial charge in [-0.25, -0.2) is 8.42 Å². The normalized spacial score (nSPS) is 15.5. The Morgan fingerprint density at radius 1 is 1.03 bits per heavy atom. The molecule has 1 fully saturated rings. The van der Waals surface area contributed by atoms with Crippen LogP contribution in [0.5, 0.6) is 0 Å². The second kappa shape index (κ2) is 9.35. The van der Waals surface area contributed by atoms with Crippen LogP contribution in [-0.4, -0.2) is 39.2 Å². The molecule has 0 radical (unpaired) electrons. The number of aryl methyl sites for hydroxylation is 1. The van der Waals surface area contributed by atoms with E-state index in [4.69, 9.17) is 0 Å². The van der Waals surface area contributed by atoms with Gasteiger partial charge in [-0.15, -0.1) is 0 Å². The zero-order valence-corrected chi connectivity index (χ0v) is 16.7. The van der Waals surface area contributed by atoms with E-state index in [-0.39, 0.29) is 16.8 Å². The van der Waals surface area contributed by atoms with Gasteiger partial charge in [-0.1, -0.05) is 42.5 Å². The number of sulfone groups is 1. The molecule has 0 bridgehead atoms. The first-order chi connectivity index (χ1) is 13.9. The standard InChI is InChI=1S/C21H24F2N2O3S/c22-21(23)29(27,28)19-9-5-4-8-18(19)25-14-12-17(13-15-25)24-20(26)11-10-16-6-2-1-3-7-16/h1-9,17,21H,10-15H2,(H,24,26). The smallest absolute Gasteiger partial charge is 0.341 e. The maximum absolute atomic E-state index is 13.0. The molecule has 2 aromatic carbocycles. The lowest BCUT2D eigenvalue weighted by Gasteiger charge is -2.34. The first-order valence-corrected chi connectivity index (χ1v) is 11.1. The molecule has 3 rings (SSSR count). The highest BCUT2D eigenvalue weighted by Gasteiger charge is 2.31. The summed E-state index contributed by atoms with van der Waals surface area (Å²) in [6.45, 7) is 0.971. The van der Waals surface area contributed by atoms with Crippen molar-refractivity contribution >= 4 is 21.4 Å². The Kier molecular flexibility index (Phi) is 6.84. The van der Waals surface area contributed by atoms with Crippen LogP contribution in [0.2, 0.25) is 0 Å². The predicted octanol–water partition coefficient (Wildman–Crippen LogP) is 3.40. The summed E-state index contributed by atoms with van der Waals surface area (Å²) in [5, 5.41) is 3.02. The van der Waals surface area contributed by atoms with Crippen molar-refractivity contribution < 1.29 is 22.0 Å². The number of benzene rings is 2. The van der Waals surface area contributed by atoms with E-state index in [9.17, 15) is 22.0 Å². The Labute approximate surface area is 169 Å². The summed E-state index contributed by atoms with van der Waals surface area (Å²) in [5.74, 6) is -3.47. The largest absolute Gasteiger partial charge is 0.370 e.